The number of sulfonamides is 1. The van der Waals surface area contributed by atoms with E-state index in [4.69, 9.17) is 5.73 Å². The zero-order valence-electron chi connectivity index (χ0n) is 9.92. The number of aryl methyl sites for hydroxylation is 1. The molecule has 0 amide bonds. The van der Waals surface area contributed by atoms with Crippen molar-refractivity contribution in [3.8, 4) is 0 Å². The van der Waals surface area contributed by atoms with Crippen LogP contribution in [-0.2, 0) is 10.0 Å². The lowest BCUT2D eigenvalue weighted by Crippen LogP contribution is -2.13. The second-order valence-electron chi connectivity index (χ2n) is 4.04. The van der Waals surface area contributed by atoms with Gasteiger partial charge in [-0.05, 0) is 37.3 Å². The maximum absolute atomic E-state index is 12.1. The van der Waals surface area contributed by atoms with E-state index in [1.807, 2.05) is 19.1 Å². The first kappa shape index (κ1) is 12.4. The van der Waals surface area contributed by atoms with Crippen molar-refractivity contribution in [3.63, 3.8) is 0 Å². The van der Waals surface area contributed by atoms with E-state index in [0.29, 0.717) is 11.4 Å². The lowest BCUT2D eigenvalue weighted by molar-refractivity contribution is 0.601. The van der Waals surface area contributed by atoms with Crippen molar-refractivity contribution in [1.29, 1.82) is 0 Å². The van der Waals surface area contributed by atoms with E-state index in [9.17, 15) is 8.42 Å². The molecule has 0 bridgehead atoms. The summed E-state index contributed by atoms with van der Waals surface area (Å²) in [7, 11) is -3.58. The van der Waals surface area contributed by atoms with Gasteiger partial charge in [0.25, 0.3) is 10.0 Å². The van der Waals surface area contributed by atoms with Gasteiger partial charge in [0.05, 0.1) is 4.90 Å². The second kappa shape index (κ2) is 4.70. The summed E-state index contributed by atoms with van der Waals surface area (Å²) < 4.78 is 26.6. The number of rotatable bonds is 3. The summed E-state index contributed by atoms with van der Waals surface area (Å²) in [4.78, 5) is 0.156. The number of hydrogen-bond donors (Lipinski definition) is 2. The molecule has 0 heterocycles. The molecule has 2 rings (SSSR count). The van der Waals surface area contributed by atoms with Crippen LogP contribution < -0.4 is 10.5 Å². The van der Waals surface area contributed by atoms with Gasteiger partial charge in [-0.2, -0.15) is 0 Å². The summed E-state index contributed by atoms with van der Waals surface area (Å²) in [6, 6.07) is 13.3. The van der Waals surface area contributed by atoms with Gasteiger partial charge in [0, 0.05) is 11.4 Å². The molecule has 2 aromatic rings. The Kier molecular flexibility index (Phi) is 3.25. The highest BCUT2D eigenvalue weighted by atomic mass is 32.2. The zero-order valence-corrected chi connectivity index (χ0v) is 10.7. The molecular weight excluding hydrogens is 248 g/mol. The van der Waals surface area contributed by atoms with Gasteiger partial charge in [0.1, 0.15) is 0 Å². The van der Waals surface area contributed by atoms with Gasteiger partial charge >= 0.3 is 0 Å². The van der Waals surface area contributed by atoms with Crippen LogP contribution >= 0.6 is 0 Å². The summed E-state index contributed by atoms with van der Waals surface area (Å²) in [5.41, 5.74) is 7.60. The Morgan fingerprint density at radius 3 is 2.33 bits per heavy atom. The third-order valence-electron chi connectivity index (χ3n) is 2.47. The molecule has 0 radical (unpaired) electrons. The molecule has 0 aromatic heterocycles. The molecule has 0 saturated heterocycles. The second-order valence-corrected chi connectivity index (χ2v) is 5.73. The van der Waals surface area contributed by atoms with Gasteiger partial charge in [0.15, 0.2) is 0 Å². The Morgan fingerprint density at radius 2 is 1.72 bits per heavy atom. The SMILES string of the molecule is Cc1ccc(NS(=O)(=O)c2cccc(N)c2)cc1. The first-order chi connectivity index (χ1) is 8.47. The van der Waals surface area contributed by atoms with Crippen LogP contribution in [0.3, 0.4) is 0 Å². The fraction of sp³-hybridized carbons (Fsp3) is 0.0769. The maximum atomic E-state index is 12.1. The minimum atomic E-state index is -3.58. The summed E-state index contributed by atoms with van der Waals surface area (Å²) in [5, 5.41) is 0. The van der Waals surface area contributed by atoms with Crippen LogP contribution in [0.1, 0.15) is 5.56 Å². The monoisotopic (exact) mass is 262 g/mol. The maximum Gasteiger partial charge on any atom is 0.261 e. The summed E-state index contributed by atoms with van der Waals surface area (Å²) in [6.07, 6.45) is 0. The average Bonchev–Trinajstić information content (AvgIpc) is 2.32. The van der Waals surface area contributed by atoms with Crippen LogP contribution in [0.4, 0.5) is 11.4 Å². The first-order valence-electron chi connectivity index (χ1n) is 5.42. The third-order valence-corrected chi connectivity index (χ3v) is 3.85. The van der Waals surface area contributed by atoms with Gasteiger partial charge in [-0.25, -0.2) is 8.42 Å². The van der Waals surface area contributed by atoms with E-state index in [1.165, 1.54) is 12.1 Å². The fourth-order valence-corrected chi connectivity index (χ4v) is 2.63. The van der Waals surface area contributed by atoms with Crippen LogP contribution in [-0.4, -0.2) is 8.42 Å². The standard InChI is InChI=1S/C13H14N2O2S/c1-10-5-7-12(8-6-10)15-18(16,17)13-4-2-3-11(14)9-13/h2-9,15H,14H2,1H3. The molecule has 0 aliphatic carbocycles. The molecule has 94 valence electrons. The predicted octanol–water partition coefficient (Wildman–Crippen LogP) is 2.38. The van der Waals surface area contributed by atoms with Crippen molar-refractivity contribution in [1.82, 2.24) is 0 Å². The van der Waals surface area contributed by atoms with Crippen LogP contribution in [0.25, 0.3) is 0 Å². The third kappa shape index (κ3) is 2.81. The minimum Gasteiger partial charge on any atom is -0.399 e. The Bertz CT molecular complexity index is 649. The van der Waals surface area contributed by atoms with Crippen molar-refractivity contribution in [2.75, 3.05) is 10.5 Å². The largest absolute Gasteiger partial charge is 0.399 e. The number of nitrogens with one attached hydrogen (secondary N) is 1. The molecular formula is C13H14N2O2S. The predicted molar refractivity (Wildman–Crippen MR) is 72.8 cm³/mol. The van der Waals surface area contributed by atoms with Crippen LogP contribution in [0.2, 0.25) is 0 Å². The molecule has 0 aliphatic heterocycles. The first-order valence-corrected chi connectivity index (χ1v) is 6.91. The van der Waals surface area contributed by atoms with E-state index in [2.05, 4.69) is 4.72 Å². The Hall–Kier alpha value is -2.01. The molecule has 18 heavy (non-hydrogen) atoms. The zero-order chi connectivity index (χ0) is 13.2. The van der Waals surface area contributed by atoms with Gasteiger partial charge in [-0.1, -0.05) is 23.8 Å². The number of anilines is 2. The molecule has 0 fully saturated rings. The highest BCUT2D eigenvalue weighted by Crippen LogP contribution is 2.18. The summed E-state index contributed by atoms with van der Waals surface area (Å²) in [5.74, 6) is 0. The molecule has 3 N–H and O–H groups in total. The van der Waals surface area contributed by atoms with Crippen LogP contribution in [0.5, 0.6) is 0 Å². The topological polar surface area (TPSA) is 72.2 Å². The fourth-order valence-electron chi connectivity index (χ4n) is 1.52. The van der Waals surface area contributed by atoms with Crippen molar-refractivity contribution in [2.24, 2.45) is 0 Å². The van der Waals surface area contributed by atoms with E-state index in [1.54, 1.807) is 24.3 Å². The normalized spacial score (nSPS) is 11.2. The lowest BCUT2D eigenvalue weighted by atomic mass is 10.2. The van der Waals surface area contributed by atoms with Crippen molar-refractivity contribution >= 4 is 21.4 Å². The minimum absolute atomic E-state index is 0.156. The number of benzene rings is 2. The summed E-state index contributed by atoms with van der Waals surface area (Å²) in [6.45, 7) is 1.94. The van der Waals surface area contributed by atoms with E-state index < -0.39 is 10.0 Å². The molecule has 0 spiro atoms. The molecule has 2 aromatic carbocycles. The smallest absolute Gasteiger partial charge is 0.261 e. The van der Waals surface area contributed by atoms with Crippen LogP contribution in [0, 0.1) is 6.92 Å². The van der Waals surface area contributed by atoms with E-state index >= 15 is 0 Å². The molecule has 0 saturated carbocycles. The highest BCUT2D eigenvalue weighted by Gasteiger charge is 2.13. The Balaban J connectivity index is 2.30. The highest BCUT2D eigenvalue weighted by molar-refractivity contribution is 7.92. The van der Waals surface area contributed by atoms with Gasteiger partial charge < -0.3 is 5.73 Å². The van der Waals surface area contributed by atoms with Gasteiger partial charge in [0.2, 0.25) is 0 Å². The molecule has 0 aliphatic rings. The van der Waals surface area contributed by atoms with E-state index in [0.717, 1.165) is 5.56 Å². The lowest BCUT2D eigenvalue weighted by Gasteiger charge is -2.08. The molecule has 5 heteroatoms. The number of hydrogen-bond acceptors (Lipinski definition) is 3. The number of nitrogen functional groups attached to an aromatic ring is 1. The molecule has 4 nitrogen and oxygen atoms in total. The average molecular weight is 262 g/mol. The van der Waals surface area contributed by atoms with Gasteiger partial charge in [-0.15, -0.1) is 0 Å². The van der Waals surface area contributed by atoms with E-state index in [-0.39, 0.29) is 4.90 Å². The summed E-state index contributed by atoms with van der Waals surface area (Å²) >= 11 is 0. The Labute approximate surface area is 107 Å². The van der Waals surface area contributed by atoms with Gasteiger partial charge in [-0.3, -0.25) is 4.72 Å². The van der Waals surface area contributed by atoms with Crippen molar-refractivity contribution in [3.05, 3.63) is 54.1 Å². The van der Waals surface area contributed by atoms with Crippen LogP contribution in [0.15, 0.2) is 53.4 Å². The molecule has 0 unspecified atom stereocenters. The van der Waals surface area contributed by atoms with Crippen molar-refractivity contribution < 1.29 is 8.42 Å². The van der Waals surface area contributed by atoms with Crippen molar-refractivity contribution in [2.45, 2.75) is 11.8 Å². The number of nitrogens with two attached hydrogens (primary N) is 1. The molecule has 0 atom stereocenters. The quantitative estimate of drug-likeness (QED) is 0.834. The Morgan fingerprint density at radius 1 is 1.06 bits per heavy atom.